The first-order valence-corrected chi connectivity index (χ1v) is 7.98. The molecule has 0 bridgehead atoms. The van der Waals surface area contributed by atoms with Crippen molar-refractivity contribution in [2.24, 2.45) is 0 Å². The molecule has 0 atom stereocenters. The van der Waals surface area contributed by atoms with E-state index in [0.29, 0.717) is 36.2 Å². The highest BCUT2D eigenvalue weighted by atomic mass is 19.1. The Morgan fingerprint density at radius 3 is 3.00 bits per heavy atom. The van der Waals surface area contributed by atoms with Crippen molar-refractivity contribution >= 4 is 22.9 Å². The first-order valence-electron chi connectivity index (χ1n) is 7.98. The van der Waals surface area contributed by atoms with Gasteiger partial charge in [-0.05, 0) is 18.6 Å². The number of carbonyl (C=O) groups is 2. The summed E-state index contributed by atoms with van der Waals surface area (Å²) in [4.78, 5) is 27.4. The van der Waals surface area contributed by atoms with Crippen LogP contribution >= 0.6 is 0 Å². The lowest BCUT2D eigenvalue weighted by Crippen LogP contribution is -2.63. The molecule has 3 amide bonds. The van der Waals surface area contributed by atoms with E-state index in [1.54, 1.807) is 11.0 Å². The lowest BCUT2D eigenvalue weighted by atomic mass is 10.1. The zero-order valence-corrected chi connectivity index (χ0v) is 13.0. The molecule has 1 aromatic carbocycles. The molecular formula is C16H17FN4O3. The summed E-state index contributed by atoms with van der Waals surface area (Å²) in [5.74, 6) is -0.210. The van der Waals surface area contributed by atoms with Crippen LogP contribution in [0.2, 0.25) is 0 Å². The monoisotopic (exact) mass is 332 g/mol. The van der Waals surface area contributed by atoms with Gasteiger partial charge in [-0.3, -0.25) is 4.79 Å². The molecule has 4 rings (SSSR count). The summed E-state index contributed by atoms with van der Waals surface area (Å²) in [5, 5.41) is 7.34. The lowest BCUT2D eigenvalue weighted by Gasteiger charge is -2.43. The quantitative estimate of drug-likeness (QED) is 0.923. The number of hydrogen-bond acceptors (Lipinski definition) is 4. The number of nitrogens with zero attached hydrogens (tertiary/aromatic N) is 3. The Labute approximate surface area is 137 Å². The second kappa shape index (κ2) is 5.77. The van der Waals surface area contributed by atoms with Crippen molar-refractivity contribution in [1.82, 2.24) is 20.3 Å². The largest absolute Gasteiger partial charge is 0.356 e. The summed E-state index contributed by atoms with van der Waals surface area (Å²) in [6, 6.07) is 4.12. The average molecular weight is 332 g/mol. The molecule has 126 valence electrons. The SMILES string of the molecule is O=C(NCc1noc2cc(F)ccc12)N1CC(N2CCCC2=O)C1. The van der Waals surface area contributed by atoms with E-state index in [2.05, 4.69) is 10.5 Å². The maximum atomic E-state index is 13.1. The van der Waals surface area contributed by atoms with Crippen LogP contribution in [0.15, 0.2) is 22.7 Å². The van der Waals surface area contributed by atoms with E-state index in [4.69, 9.17) is 4.52 Å². The van der Waals surface area contributed by atoms with Gasteiger partial charge in [0.05, 0.1) is 12.6 Å². The number of aromatic nitrogens is 1. The molecule has 0 spiro atoms. The average Bonchev–Trinajstić information content (AvgIpc) is 3.10. The normalized spacial score (nSPS) is 18.3. The summed E-state index contributed by atoms with van der Waals surface area (Å²) < 4.78 is 18.2. The number of hydrogen-bond donors (Lipinski definition) is 1. The van der Waals surface area contributed by atoms with Crippen LogP contribution < -0.4 is 5.32 Å². The van der Waals surface area contributed by atoms with Gasteiger partial charge in [0.15, 0.2) is 5.58 Å². The summed E-state index contributed by atoms with van der Waals surface area (Å²) in [6.07, 6.45) is 1.52. The van der Waals surface area contributed by atoms with Crippen LogP contribution in [-0.2, 0) is 11.3 Å². The topological polar surface area (TPSA) is 78.7 Å². The van der Waals surface area contributed by atoms with Crippen molar-refractivity contribution in [2.45, 2.75) is 25.4 Å². The predicted molar refractivity (Wildman–Crippen MR) is 82.5 cm³/mol. The van der Waals surface area contributed by atoms with Crippen molar-refractivity contribution in [3.63, 3.8) is 0 Å². The number of fused-ring (bicyclic) bond motifs is 1. The molecule has 1 N–H and O–H groups in total. The van der Waals surface area contributed by atoms with Crippen LogP contribution in [0.25, 0.3) is 11.0 Å². The van der Waals surface area contributed by atoms with E-state index in [0.717, 1.165) is 13.0 Å². The van der Waals surface area contributed by atoms with Gasteiger partial charge >= 0.3 is 6.03 Å². The fourth-order valence-corrected chi connectivity index (χ4v) is 3.24. The molecule has 0 unspecified atom stereocenters. The van der Waals surface area contributed by atoms with Crippen molar-refractivity contribution in [1.29, 1.82) is 0 Å². The number of likely N-dealkylation sites (tertiary alicyclic amines) is 2. The van der Waals surface area contributed by atoms with Crippen molar-refractivity contribution < 1.29 is 18.5 Å². The molecule has 2 aromatic rings. The molecule has 2 aliphatic heterocycles. The minimum absolute atomic E-state index is 0.140. The molecule has 0 aliphatic carbocycles. The molecule has 24 heavy (non-hydrogen) atoms. The highest BCUT2D eigenvalue weighted by Gasteiger charge is 2.38. The van der Waals surface area contributed by atoms with Gasteiger partial charge in [0.2, 0.25) is 5.91 Å². The minimum Gasteiger partial charge on any atom is -0.356 e. The minimum atomic E-state index is -0.391. The van der Waals surface area contributed by atoms with Crippen LogP contribution in [-0.4, -0.2) is 52.6 Å². The molecule has 2 saturated heterocycles. The van der Waals surface area contributed by atoms with Gasteiger partial charge in [-0.1, -0.05) is 5.16 Å². The third-order valence-corrected chi connectivity index (χ3v) is 4.62. The molecule has 2 fully saturated rings. The molecule has 3 heterocycles. The van der Waals surface area contributed by atoms with Gasteiger partial charge in [0.1, 0.15) is 11.5 Å². The zero-order chi connectivity index (χ0) is 16.7. The molecule has 0 radical (unpaired) electrons. The lowest BCUT2D eigenvalue weighted by molar-refractivity contribution is -0.132. The molecule has 7 nitrogen and oxygen atoms in total. The fourth-order valence-electron chi connectivity index (χ4n) is 3.24. The second-order valence-electron chi connectivity index (χ2n) is 6.18. The third-order valence-electron chi connectivity index (χ3n) is 4.62. The van der Waals surface area contributed by atoms with Crippen molar-refractivity contribution in [2.75, 3.05) is 19.6 Å². The number of benzene rings is 1. The Morgan fingerprint density at radius 2 is 2.25 bits per heavy atom. The smallest absolute Gasteiger partial charge is 0.317 e. The molecule has 2 aliphatic rings. The van der Waals surface area contributed by atoms with Crippen LogP contribution in [0.3, 0.4) is 0 Å². The number of halogens is 1. The number of carbonyl (C=O) groups excluding carboxylic acids is 2. The highest BCUT2D eigenvalue weighted by molar-refractivity contribution is 5.81. The van der Waals surface area contributed by atoms with Crippen LogP contribution in [0.4, 0.5) is 9.18 Å². The highest BCUT2D eigenvalue weighted by Crippen LogP contribution is 2.22. The number of urea groups is 1. The Balaban J connectivity index is 1.32. The van der Waals surface area contributed by atoms with Gasteiger partial charge < -0.3 is 19.6 Å². The number of nitrogens with one attached hydrogen (secondary N) is 1. The first-order chi connectivity index (χ1) is 11.6. The van der Waals surface area contributed by atoms with E-state index in [1.165, 1.54) is 12.1 Å². The molecular weight excluding hydrogens is 315 g/mol. The first kappa shape index (κ1) is 14.9. The maximum Gasteiger partial charge on any atom is 0.317 e. The van der Waals surface area contributed by atoms with E-state index >= 15 is 0 Å². The zero-order valence-electron chi connectivity index (χ0n) is 13.0. The van der Waals surface area contributed by atoms with Crippen LogP contribution in [0.5, 0.6) is 0 Å². The van der Waals surface area contributed by atoms with Gasteiger partial charge in [0, 0.05) is 37.5 Å². The fraction of sp³-hybridized carbons (Fsp3) is 0.438. The van der Waals surface area contributed by atoms with Gasteiger partial charge in [-0.15, -0.1) is 0 Å². The summed E-state index contributed by atoms with van der Waals surface area (Å²) in [7, 11) is 0. The van der Waals surface area contributed by atoms with Crippen LogP contribution in [0, 0.1) is 5.82 Å². The summed E-state index contributed by atoms with van der Waals surface area (Å²) in [5.41, 5.74) is 0.918. The Bertz CT molecular complexity index is 800. The van der Waals surface area contributed by atoms with Crippen molar-refractivity contribution in [3.05, 3.63) is 29.7 Å². The molecule has 0 saturated carbocycles. The second-order valence-corrected chi connectivity index (χ2v) is 6.18. The Hall–Kier alpha value is -2.64. The van der Waals surface area contributed by atoms with Crippen molar-refractivity contribution in [3.8, 4) is 0 Å². The third kappa shape index (κ3) is 2.57. The van der Waals surface area contributed by atoms with Gasteiger partial charge in [-0.25, -0.2) is 9.18 Å². The van der Waals surface area contributed by atoms with E-state index in [1.807, 2.05) is 4.90 Å². The maximum absolute atomic E-state index is 13.1. The van der Waals surface area contributed by atoms with Gasteiger partial charge in [0.25, 0.3) is 0 Å². The van der Waals surface area contributed by atoms with Crippen LogP contribution in [0.1, 0.15) is 18.5 Å². The predicted octanol–water partition coefficient (Wildman–Crippen LogP) is 1.48. The van der Waals surface area contributed by atoms with E-state index in [9.17, 15) is 14.0 Å². The number of amides is 3. The Morgan fingerprint density at radius 1 is 1.42 bits per heavy atom. The molecule has 8 heteroatoms. The van der Waals surface area contributed by atoms with E-state index in [-0.39, 0.29) is 24.5 Å². The van der Waals surface area contributed by atoms with Gasteiger partial charge in [-0.2, -0.15) is 0 Å². The standard InChI is InChI=1S/C16H17FN4O3/c17-10-3-4-12-13(19-24-14(12)6-10)7-18-16(23)20-8-11(9-20)21-5-1-2-15(21)22/h3-4,6,11H,1-2,5,7-9H2,(H,18,23). The Kier molecular flexibility index (Phi) is 3.59. The summed E-state index contributed by atoms with van der Waals surface area (Å²) in [6.45, 7) is 2.12. The van der Waals surface area contributed by atoms with E-state index < -0.39 is 5.82 Å². The number of rotatable bonds is 3. The molecule has 1 aromatic heterocycles. The summed E-state index contributed by atoms with van der Waals surface area (Å²) >= 11 is 0.